The number of nitrogen functional groups attached to an aromatic ring is 1. The summed E-state index contributed by atoms with van der Waals surface area (Å²) in [6.07, 6.45) is 1.07. The standard InChI is InChI=1S/C9H12N2O2/c1-6(13-2)8(12)7-4-3-5-11-9(7)10/h3-6H,1-2H3,(H2,10,11). The molecule has 1 atom stereocenters. The Morgan fingerprint density at radius 3 is 2.92 bits per heavy atom. The van der Waals surface area contributed by atoms with Gasteiger partial charge in [0.15, 0.2) is 5.78 Å². The van der Waals surface area contributed by atoms with E-state index in [0.717, 1.165) is 0 Å². The van der Waals surface area contributed by atoms with Crippen LogP contribution in [0.4, 0.5) is 5.82 Å². The molecular formula is C9H12N2O2. The molecule has 0 spiro atoms. The number of ketones is 1. The Hall–Kier alpha value is -1.42. The van der Waals surface area contributed by atoms with Crippen molar-refractivity contribution in [3.05, 3.63) is 23.9 Å². The first-order chi connectivity index (χ1) is 6.16. The summed E-state index contributed by atoms with van der Waals surface area (Å²) in [7, 11) is 1.48. The average Bonchev–Trinajstić information content (AvgIpc) is 2.16. The van der Waals surface area contributed by atoms with Gasteiger partial charge in [-0.25, -0.2) is 4.98 Å². The van der Waals surface area contributed by atoms with E-state index in [-0.39, 0.29) is 11.6 Å². The third-order valence-electron chi connectivity index (χ3n) is 1.83. The zero-order chi connectivity index (χ0) is 9.84. The van der Waals surface area contributed by atoms with Crippen LogP contribution in [0.15, 0.2) is 18.3 Å². The Labute approximate surface area is 76.7 Å². The van der Waals surface area contributed by atoms with Gasteiger partial charge in [-0.05, 0) is 19.1 Å². The van der Waals surface area contributed by atoms with Crippen LogP contribution in [0.25, 0.3) is 0 Å². The summed E-state index contributed by atoms with van der Waals surface area (Å²) >= 11 is 0. The number of carbonyl (C=O) groups excluding carboxylic acids is 1. The average molecular weight is 180 g/mol. The Morgan fingerprint density at radius 2 is 2.38 bits per heavy atom. The maximum atomic E-state index is 11.6. The van der Waals surface area contributed by atoms with Crippen LogP contribution < -0.4 is 5.73 Å². The van der Waals surface area contributed by atoms with Gasteiger partial charge in [0.05, 0.1) is 5.56 Å². The Balaban J connectivity index is 2.95. The van der Waals surface area contributed by atoms with Gasteiger partial charge in [0.25, 0.3) is 0 Å². The summed E-state index contributed by atoms with van der Waals surface area (Å²) in [4.78, 5) is 15.4. The molecule has 1 aromatic rings. The molecule has 0 fully saturated rings. The fourth-order valence-corrected chi connectivity index (χ4v) is 0.952. The molecule has 0 radical (unpaired) electrons. The fraction of sp³-hybridized carbons (Fsp3) is 0.333. The number of carbonyl (C=O) groups is 1. The quantitative estimate of drug-likeness (QED) is 0.701. The number of ether oxygens (including phenoxy) is 1. The number of pyridine rings is 1. The highest BCUT2D eigenvalue weighted by molar-refractivity contribution is 6.02. The van der Waals surface area contributed by atoms with E-state index in [1.165, 1.54) is 7.11 Å². The first kappa shape index (κ1) is 9.67. The maximum Gasteiger partial charge on any atom is 0.194 e. The van der Waals surface area contributed by atoms with E-state index >= 15 is 0 Å². The van der Waals surface area contributed by atoms with E-state index in [9.17, 15) is 4.79 Å². The summed E-state index contributed by atoms with van der Waals surface area (Å²) in [5.41, 5.74) is 5.94. The lowest BCUT2D eigenvalue weighted by Crippen LogP contribution is -2.20. The zero-order valence-electron chi connectivity index (χ0n) is 7.65. The van der Waals surface area contributed by atoms with Crippen LogP contribution in [-0.2, 0) is 4.74 Å². The molecule has 0 aromatic carbocycles. The Bertz CT molecular complexity index is 312. The lowest BCUT2D eigenvalue weighted by Gasteiger charge is -2.08. The number of aromatic nitrogens is 1. The maximum absolute atomic E-state index is 11.6. The molecule has 0 amide bonds. The van der Waals surface area contributed by atoms with Gasteiger partial charge in [-0.1, -0.05) is 0 Å². The molecule has 0 saturated carbocycles. The van der Waals surface area contributed by atoms with E-state index in [1.807, 2.05) is 0 Å². The van der Waals surface area contributed by atoms with Gasteiger partial charge >= 0.3 is 0 Å². The van der Waals surface area contributed by atoms with E-state index in [1.54, 1.807) is 25.3 Å². The summed E-state index contributed by atoms with van der Waals surface area (Å²) in [6, 6.07) is 3.31. The van der Waals surface area contributed by atoms with E-state index < -0.39 is 6.10 Å². The molecular weight excluding hydrogens is 168 g/mol. The van der Waals surface area contributed by atoms with Crippen molar-refractivity contribution in [3.8, 4) is 0 Å². The van der Waals surface area contributed by atoms with Crippen molar-refractivity contribution in [2.24, 2.45) is 0 Å². The molecule has 2 N–H and O–H groups in total. The predicted octanol–water partition coefficient (Wildman–Crippen LogP) is 0.881. The van der Waals surface area contributed by atoms with Crippen molar-refractivity contribution in [1.82, 2.24) is 4.98 Å². The van der Waals surface area contributed by atoms with Crippen LogP contribution in [0.5, 0.6) is 0 Å². The number of rotatable bonds is 3. The van der Waals surface area contributed by atoms with Crippen LogP contribution in [-0.4, -0.2) is 24.0 Å². The lowest BCUT2D eigenvalue weighted by atomic mass is 10.1. The summed E-state index contributed by atoms with van der Waals surface area (Å²) in [5, 5.41) is 0. The topological polar surface area (TPSA) is 65.2 Å². The molecule has 1 unspecified atom stereocenters. The number of hydrogen-bond donors (Lipinski definition) is 1. The number of nitrogens with zero attached hydrogens (tertiary/aromatic N) is 1. The first-order valence-electron chi connectivity index (χ1n) is 3.94. The molecule has 1 aromatic heterocycles. The summed E-state index contributed by atoms with van der Waals surface area (Å²) in [6.45, 7) is 1.68. The van der Waals surface area contributed by atoms with Crippen molar-refractivity contribution in [2.45, 2.75) is 13.0 Å². The molecule has 4 heteroatoms. The van der Waals surface area contributed by atoms with Crippen molar-refractivity contribution >= 4 is 11.6 Å². The molecule has 0 saturated heterocycles. The van der Waals surface area contributed by atoms with Gasteiger partial charge in [0.2, 0.25) is 0 Å². The van der Waals surface area contributed by atoms with Crippen LogP contribution >= 0.6 is 0 Å². The zero-order valence-corrected chi connectivity index (χ0v) is 7.65. The number of nitrogens with two attached hydrogens (primary N) is 1. The smallest absolute Gasteiger partial charge is 0.194 e. The van der Waals surface area contributed by atoms with Crippen molar-refractivity contribution in [2.75, 3.05) is 12.8 Å². The summed E-state index contributed by atoms with van der Waals surface area (Å²) in [5.74, 6) is 0.101. The van der Waals surface area contributed by atoms with Crippen LogP contribution in [0.2, 0.25) is 0 Å². The molecule has 0 aliphatic heterocycles. The van der Waals surface area contributed by atoms with Crippen molar-refractivity contribution < 1.29 is 9.53 Å². The highest BCUT2D eigenvalue weighted by Crippen LogP contribution is 2.10. The largest absolute Gasteiger partial charge is 0.383 e. The van der Waals surface area contributed by atoms with Crippen LogP contribution in [0.1, 0.15) is 17.3 Å². The monoisotopic (exact) mass is 180 g/mol. The minimum atomic E-state index is -0.480. The van der Waals surface area contributed by atoms with Crippen LogP contribution in [0.3, 0.4) is 0 Å². The number of Topliss-reactive ketones (excluding diaryl/α,β-unsaturated/α-hetero) is 1. The fourth-order valence-electron chi connectivity index (χ4n) is 0.952. The first-order valence-corrected chi connectivity index (χ1v) is 3.94. The highest BCUT2D eigenvalue weighted by Gasteiger charge is 2.16. The van der Waals surface area contributed by atoms with E-state index in [4.69, 9.17) is 10.5 Å². The van der Waals surface area contributed by atoms with Gasteiger partial charge in [0.1, 0.15) is 11.9 Å². The van der Waals surface area contributed by atoms with Gasteiger partial charge in [0, 0.05) is 13.3 Å². The van der Waals surface area contributed by atoms with E-state index in [0.29, 0.717) is 5.56 Å². The van der Waals surface area contributed by atoms with Gasteiger partial charge in [-0.15, -0.1) is 0 Å². The molecule has 0 aliphatic rings. The second-order valence-corrected chi connectivity index (χ2v) is 2.68. The van der Waals surface area contributed by atoms with Gasteiger partial charge in [-0.2, -0.15) is 0 Å². The second-order valence-electron chi connectivity index (χ2n) is 2.68. The van der Waals surface area contributed by atoms with Gasteiger partial charge in [-0.3, -0.25) is 4.79 Å². The number of anilines is 1. The Kier molecular flexibility index (Phi) is 2.97. The molecule has 70 valence electrons. The van der Waals surface area contributed by atoms with Crippen LogP contribution in [0, 0.1) is 0 Å². The SMILES string of the molecule is COC(C)C(=O)c1cccnc1N. The molecule has 4 nitrogen and oxygen atoms in total. The highest BCUT2D eigenvalue weighted by atomic mass is 16.5. The minimum absolute atomic E-state index is 0.145. The lowest BCUT2D eigenvalue weighted by molar-refractivity contribution is 0.0656. The number of hydrogen-bond acceptors (Lipinski definition) is 4. The molecule has 0 bridgehead atoms. The third-order valence-corrected chi connectivity index (χ3v) is 1.83. The molecule has 1 heterocycles. The Morgan fingerprint density at radius 1 is 1.69 bits per heavy atom. The second kappa shape index (κ2) is 4.00. The minimum Gasteiger partial charge on any atom is -0.383 e. The number of methoxy groups -OCH3 is 1. The third kappa shape index (κ3) is 2.03. The normalized spacial score (nSPS) is 12.5. The van der Waals surface area contributed by atoms with Crippen molar-refractivity contribution in [3.63, 3.8) is 0 Å². The van der Waals surface area contributed by atoms with Gasteiger partial charge < -0.3 is 10.5 Å². The predicted molar refractivity (Wildman–Crippen MR) is 49.5 cm³/mol. The van der Waals surface area contributed by atoms with E-state index in [2.05, 4.69) is 4.98 Å². The molecule has 1 rings (SSSR count). The molecule has 0 aliphatic carbocycles. The van der Waals surface area contributed by atoms with Crippen molar-refractivity contribution in [1.29, 1.82) is 0 Å². The molecule has 13 heavy (non-hydrogen) atoms. The summed E-state index contributed by atoms with van der Waals surface area (Å²) < 4.78 is 4.89.